The monoisotopic (exact) mass is 445 g/mol. The summed E-state index contributed by atoms with van der Waals surface area (Å²) in [5.41, 5.74) is 2.38. The van der Waals surface area contributed by atoms with Crippen LogP contribution in [0.15, 0.2) is 24.3 Å². The lowest BCUT2D eigenvalue weighted by molar-refractivity contribution is -0.142. The number of aryl methyl sites for hydroxylation is 2. The molecule has 160 valence electrons. The van der Waals surface area contributed by atoms with Gasteiger partial charge >= 0.3 is 0 Å². The summed E-state index contributed by atoms with van der Waals surface area (Å²) in [5.74, 6) is 0.128. The largest absolute Gasteiger partial charge is 0.342 e. The van der Waals surface area contributed by atoms with E-state index in [1.807, 2.05) is 36.2 Å². The molecule has 0 spiro atoms. The van der Waals surface area contributed by atoms with Crippen molar-refractivity contribution in [1.82, 2.24) is 14.8 Å². The predicted octanol–water partition coefficient (Wildman–Crippen LogP) is 4.12. The number of benzene rings is 1. The van der Waals surface area contributed by atoms with Crippen LogP contribution in [0.4, 0.5) is 0 Å². The fourth-order valence-electron chi connectivity index (χ4n) is 4.31. The first kappa shape index (κ1) is 21.3. The second-order valence-electron chi connectivity index (χ2n) is 8.33. The molecule has 7 heteroatoms. The molecular formula is C23H28ClN3O2S. The van der Waals surface area contributed by atoms with E-state index in [-0.39, 0.29) is 17.7 Å². The van der Waals surface area contributed by atoms with Gasteiger partial charge in [-0.25, -0.2) is 4.98 Å². The van der Waals surface area contributed by atoms with E-state index in [0.29, 0.717) is 37.5 Å². The Balaban J connectivity index is 1.33. The quantitative estimate of drug-likeness (QED) is 0.672. The third-order valence-electron chi connectivity index (χ3n) is 6.07. The van der Waals surface area contributed by atoms with Gasteiger partial charge in [-0.15, -0.1) is 11.3 Å². The first-order chi connectivity index (χ1) is 14.5. The van der Waals surface area contributed by atoms with Crippen LogP contribution in [0.5, 0.6) is 0 Å². The van der Waals surface area contributed by atoms with E-state index >= 15 is 0 Å². The van der Waals surface area contributed by atoms with Crippen LogP contribution in [0.2, 0.25) is 5.02 Å². The molecule has 1 aromatic heterocycles. The van der Waals surface area contributed by atoms with Crippen LogP contribution < -0.4 is 0 Å². The van der Waals surface area contributed by atoms with Gasteiger partial charge in [0.2, 0.25) is 11.8 Å². The van der Waals surface area contributed by atoms with Crippen LogP contribution in [-0.2, 0) is 35.4 Å². The fraction of sp³-hybridized carbons (Fsp3) is 0.522. The summed E-state index contributed by atoms with van der Waals surface area (Å²) in [5, 5.41) is 1.74. The van der Waals surface area contributed by atoms with Crippen molar-refractivity contribution in [3.05, 3.63) is 50.4 Å². The molecule has 2 amide bonds. The molecule has 0 radical (unpaired) electrons. The van der Waals surface area contributed by atoms with Crippen molar-refractivity contribution in [2.24, 2.45) is 5.92 Å². The Labute approximate surface area is 187 Å². The van der Waals surface area contributed by atoms with Crippen molar-refractivity contribution in [1.29, 1.82) is 0 Å². The summed E-state index contributed by atoms with van der Waals surface area (Å²) < 4.78 is 0. The molecule has 5 nitrogen and oxygen atoms in total. The van der Waals surface area contributed by atoms with Crippen molar-refractivity contribution >= 4 is 34.8 Å². The average Bonchev–Trinajstić information content (AvgIpc) is 3.16. The number of amides is 2. The number of hydrogen-bond donors (Lipinski definition) is 0. The molecule has 1 fully saturated rings. The molecule has 1 unspecified atom stereocenters. The molecule has 30 heavy (non-hydrogen) atoms. The minimum Gasteiger partial charge on any atom is -0.342 e. The first-order valence-corrected chi connectivity index (χ1v) is 11.9. The Bertz CT molecular complexity index is 888. The zero-order valence-corrected chi connectivity index (χ0v) is 19.0. The standard InChI is InChI=1S/C23H28ClN3O2S/c1-26(15-21-25-19-4-2-3-5-20(19)30-21)23(29)17-8-11-22(28)27(14-17)13-12-16-6-9-18(24)10-7-16/h6-7,9-10,17H,2-5,8,11-15H2,1H3. The molecule has 0 saturated carbocycles. The van der Waals surface area contributed by atoms with Crippen LogP contribution in [0.3, 0.4) is 0 Å². The number of nitrogens with zero attached hydrogens (tertiary/aromatic N) is 3. The lowest BCUT2D eigenvalue weighted by Crippen LogP contribution is -2.46. The number of hydrogen-bond acceptors (Lipinski definition) is 4. The number of thiazole rings is 1. The van der Waals surface area contributed by atoms with Crippen molar-refractivity contribution in [2.45, 2.75) is 51.5 Å². The maximum atomic E-state index is 13.1. The van der Waals surface area contributed by atoms with Crippen molar-refractivity contribution in [2.75, 3.05) is 20.1 Å². The topological polar surface area (TPSA) is 53.5 Å². The van der Waals surface area contributed by atoms with E-state index in [4.69, 9.17) is 16.6 Å². The molecule has 2 aromatic rings. The lowest BCUT2D eigenvalue weighted by atomic mass is 9.95. The van der Waals surface area contributed by atoms with Crippen LogP contribution in [0, 0.1) is 5.92 Å². The van der Waals surface area contributed by atoms with E-state index in [0.717, 1.165) is 29.8 Å². The highest BCUT2D eigenvalue weighted by Gasteiger charge is 2.32. The number of piperidine rings is 1. The zero-order valence-electron chi connectivity index (χ0n) is 17.4. The van der Waals surface area contributed by atoms with E-state index in [9.17, 15) is 9.59 Å². The van der Waals surface area contributed by atoms with Gasteiger partial charge in [0.15, 0.2) is 0 Å². The van der Waals surface area contributed by atoms with Gasteiger partial charge in [0.25, 0.3) is 0 Å². The molecule has 0 N–H and O–H groups in total. The Morgan fingerprint density at radius 1 is 1.23 bits per heavy atom. The van der Waals surface area contributed by atoms with Gasteiger partial charge < -0.3 is 9.80 Å². The zero-order chi connectivity index (χ0) is 21.1. The Kier molecular flexibility index (Phi) is 6.74. The third kappa shape index (κ3) is 5.03. The maximum absolute atomic E-state index is 13.1. The molecule has 1 saturated heterocycles. The number of fused-ring (bicyclic) bond motifs is 1. The molecule has 2 heterocycles. The summed E-state index contributed by atoms with van der Waals surface area (Å²) in [6, 6.07) is 7.71. The van der Waals surface area contributed by atoms with Gasteiger partial charge in [-0.2, -0.15) is 0 Å². The highest BCUT2D eigenvalue weighted by molar-refractivity contribution is 7.11. The minimum absolute atomic E-state index is 0.118. The molecule has 1 aromatic carbocycles. The van der Waals surface area contributed by atoms with Crippen LogP contribution in [0.25, 0.3) is 0 Å². The van der Waals surface area contributed by atoms with Crippen LogP contribution >= 0.6 is 22.9 Å². The molecule has 2 aliphatic rings. The SMILES string of the molecule is CN(Cc1nc2c(s1)CCCC2)C(=O)C1CCC(=O)N(CCc2ccc(Cl)cc2)C1. The predicted molar refractivity (Wildman–Crippen MR) is 120 cm³/mol. The summed E-state index contributed by atoms with van der Waals surface area (Å²) in [4.78, 5) is 35.2. The molecule has 1 atom stereocenters. The summed E-state index contributed by atoms with van der Waals surface area (Å²) in [6.07, 6.45) is 6.49. The number of carbonyl (C=O) groups excluding carboxylic acids is 2. The van der Waals surface area contributed by atoms with Gasteiger partial charge in [-0.1, -0.05) is 23.7 Å². The van der Waals surface area contributed by atoms with Gasteiger partial charge in [0.1, 0.15) is 5.01 Å². The Morgan fingerprint density at radius 3 is 2.77 bits per heavy atom. The second-order valence-corrected chi connectivity index (χ2v) is 9.94. The number of likely N-dealkylation sites (tertiary alicyclic amines) is 1. The number of aromatic nitrogens is 1. The average molecular weight is 446 g/mol. The summed E-state index contributed by atoms with van der Waals surface area (Å²) in [7, 11) is 1.86. The highest BCUT2D eigenvalue weighted by atomic mass is 35.5. The van der Waals surface area contributed by atoms with Gasteiger partial charge in [-0.05, 0) is 56.2 Å². The first-order valence-electron chi connectivity index (χ1n) is 10.7. The maximum Gasteiger partial charge on any atom is 0.227 e. The number of rotatable bonds is 6. The van der Waals surface area contributed by atoms with E-state index in [2.05, 4.69) is 0 Å². The third-order valence-corrected chi connectivity index (χ3v) is 7.47. The number of carbonyl (C=O) groups is 2. The molecule has 1 aliphatic carbocycles. The highest BCUT2D eigenvalue weighted by Crippen LogP contribution is 2.28. The van der Waals surface area contributed by atoms with Crippen molar-refractivity contribution in [3.63, 3.8) is 0 Å². The Morgan fingerprint density at radius 2 is 2.00 bits per heavy atom. The smallest absolute Gasteiger partial charge is 0.227 e. The molecule has 0 bridgehead atoms. The molecule has 1 aliphatic heterocycles. The second kappa shape index (κ2) is 9.48. The normalized spacial score (nSPS) is 18.9. The van der Waals surface area contributed by atoms with Crippen molar-refractivity contribution in [3.8, 4) is 0 Å². The molecular weight excluding hydrogens is 418 g/mol. The van der Waals surface area contributed by atoms with Crippen molar-refractivity contribution < 1.29 is 9.59 Å². The van der Waals surface area contributed by atoms with Crippen LogP contribution in [0.1, 0.15) is 46.8 Å². The van der Waals surface area contributed by atoms with Gasteiger partial charge in [-0.3, -0.25) is 9.59 Å². The molecule has 4 rings (SSSR count). The summed E-state index contributed by atoms with van der Waals surface area (Å²) >= 11 is 7.70. The van der Waals surface area contributed by atoms with Crippen LogP contribution in [-0.4, -0.2) is 46.7 Å². The van der Waals surface area contributed by atoms with E-state index in [1.54, 1.807) is 16.2 Å². The van der Waals surface area contributed by atoms with E-state index < -0.39 is 0 Å². The lowest BCUT2D eigenvalue weighted by Gasteiger charge is -2.33. The summed E-state index contributed by atoms with van der Waals surface area (Å²) in [6.45, 7) is 1.70. The van der Waals surface area contributed by atoms with E-state index in [1.165, 1.54) is 23.4 Å². The number of halogens is 1. The fourth-order valence-corrected chi connectivity index (χ4v) is 5.65. The Hall–Kier alpha value is -1.92. The van der Waals surface area contributed by atoms with Gasteiger partial charge in [0.05, 0.1) is 18.2 Å². The minimum atomic E-state index is -0.132. The van der Waals surface area contributed by atoms with Gasteiger partial charge in [0, 0.05) is 36.5 Å².